The van der Waals surface area contributed by atoms with Gasteiger partial charge in [0.05, 0.1) is 43.2 Å². The Morgan fingerprint density at radius 3 is 1.97 bits per heavy atom. The zero-order chi connectivity index (χ0) is 63.2. The summed E-state index contributed by atoms with van der Waals surface area (Å²) in [4.78, 5) is 9.13. The van der Waals surface area contributed by atoms with Crippen molar-refractivity contribution in [3.05, 3.63) is 216 Å². The molecular weight excluding hydrogens is 937 g/mol. The highest BCUT2D eigenvalue weighted by molar-refractivity contribution is 6.09. The Labute approximate surface area is 472 Å². The van der Waals surface area contributed by atoms with E-state index in [4.69, 9.17) is 16.6 Å². The summed E-state index contributed by atoms with van der Waals surface area (Å²) in [5.74, 6) is 2.39. The number of benzene rings is 8. The number of nitrogens with zero attached hydrogens (tertiary/aromatic N) is 4. The molecule has 5 nitrogen and oxygen atoms in total. The summed E-state index contributed by atoms with van der Waals surface area (Å²) >= 11 is 0. The van der Waals surface area contributed by atoms with Gasteiger partial charge >= 0.3 is 0 Å². The van der Waals surface area contributed by atoms with Gasteiger partial charge in [-0.3, -0.25) is 4.57 Å². The predicted octanol–water partition coefficient (Wildman–Crippen LogP) is 19.8. The van der Waals surface area contributed by atoms with Crippen LogP contribution in [0, 0.1) is 5.92 Å². The molecule has 1 aliphatic carbocycles. The van der Waals surface area contributed by atoms with Crippen molar-refractivity contribution in [2.45, 2.75) is 111 Å². The third-order valence-electron chi connectivity index (χ3n) is 16.6. The third-order valence-corrected chi connectivity index (χ3v) is 16.6. The van der Waals surface area contributed by atoms with Gasteiger partial charge in [0.2, 0.25) is 0 Å². The molecule has 0 saturated heterocycles. The molecule has 0 saturated carbocycles. The van der Waals surface area contributed by atoms with Crippen LogP contribution in [0.4, 0.5) is 22.7 Å². The average molecular weight is 1020 g/mol. The maximum atomic E-state index is 10.3. The molecule has 0 unspecified atom stereocenters. The molecule has 2 aromatic heterocycles. The summed E-state index contributed by atoms with van der Waals surface area (Å²) in [7, 11) is 0. The van der Waals surface area contributed by atoms with E-state index in [1.54, 1.807) is 12.1 Å². The van der Waals surface area contributed by atoms with Crippen LogP contribution in [0.2, 0.25) is 0 Å². The highest BCUT2D eigenvalue weighted by Crippen LogP contribution is 2.53. The van der Waals surface area contributed by atoms with Crippen molar-refractivity contribution >= 4 is 44.6 Å². The first-order chi connectivity index (χ1) is 41.5. The molecule has 5 heteroatoms. The fourth-order valence-corrected chi connectivity index (χ4v) is 11.2. The molecule has 2 aliphatic rings. The lowest BCUT2D eigenvalue weighted by Gasteiger charge is -2.42. The van der Waals surface area contributed by atoms with Crippen molar-refractivity contribution in [1.29, 1.82) is 0 Å². The lowest BCUT2D eigenvalue weighted by molar-refractivity contribution is 0.332. The molecule has 0 radical (unpaired) electrons. The van der Waals surface area contributed by atoms with E-state index in [1.165, 1.54) is 5.56 Å². The molecular formula is C72H72N4O. The maximum absolute atomic E-state index is 10.3. The number of hydrogen-bond acceptors (Lipinski definition) is 4. The number of aromatic nitrogens is 2. The fraction of sp³-hybridized carbons (Fsp3) is 0.264. The van der Waals surface area contributed by atoms with Gasteiger partial charge in [-0.2, -0.15) is 0 Å². The minimum atomic E-state index is -0.932. The van der Waals surface area contributed by atoms with Crippen molar-refractivity contribution in [3.63, 3.8) is 0 Å². The van der Waals surface area contributed by atoms with Crippen molar-refractivity contribution in [3.8, 4) is 50.7 Å². The number of hydrogen-bond donors (Lipinski definition) is 0. The second-order valence-electron chi connectivity index (χ2n) is 24.1. The van der Waals surface area contributed by atoms with E-state index in [0.717, 1.165) is 57.5 Å². The summed E-state index contributed by atoms with van der Waals surface area (Å²) in [5.41, 5.74) is 5.83. The molecule has 0 bridgehead atoms. The van der Waals surface area contributed by atoms with Crippen molar-refractivity contribution in [2.24, 2.45) is 5.92 Å². The SMILES string of the molecule is [2H]c1c([2H])c([2H])c(-c2c([2H])c(-c3cccc(-c4c([2H])c([2H])c5c(c4[2H])C(C)(C)CCC5(C)C)c3N3CN(c4cccc(Oc5ccc6c7ccccc7n(-c7cc(C(C)(C)C(C)C)ccn7)c6c5)c4)c4ccccc43)c([2H])c(C(C)(C)C)c2[2H])c([2H])c1[2H]. The highest BCUT2D eigenvalue weighted by Gasteiger charge is 2.38. The Bertz CT molecular complexity index is 4530. The number of ether oxygens (including phenoxy) is 1. The Kier molecular flexibility index (Phi) is 9.37. The van der Waals surface area contributed by atoms with Crippen LogP contribution in [0.1, 0.15) is 126 Å². The van der Waals surface area contributed by atoms with E-state index in [1.807, 2.05) is 93.7 Å². The van der Waals surface area contributed by atoms with Crippen LogP contribution >= 0.6 is 0 Å². The minimum absolute atomic E-state index is 0.0342. The number of pyridine rings is 1. The first-order valence-electron chi connectivity index (χ1n) is 32.4. The van der Waals surface area contributed by atoms with E-state index >= 15 is 0 Å². The molecule has 1 aliphatic heterocycles. The first kappa shape index (κ1) is 38.6. The standard InChI is InChI=1S/C72H72N4O/c1-47(2)72(10,11)52-35-38-73-67(43-52)76-63-28-16-15-25-59(63)60-33-32-56(45-66(60)76)77-55-24-19-23-54(44-55)74-46-75(65-30-18-17-29-64(65)74)68-57(49-31-34-61-62(42-49)71(8,9)37-36-70(61,6)7)26-20-27-58(68)51-39-50(48-21-13-12-14-22-48)40-53(41-51)69(3,4)5/h12-35,38-45,47H,36-37,46H2,1-11H3/i12D,13D,14D,21D,22D,31D,34D,39D,40D,41D,42D. The van der Waals surface area contributed by atoms with Crippen molar-refractivity contribution in [1.82, 2.24) is 9.55 Å². The Morgan fingerprint density at radius 2 is 1.22 bits per heavy atom. The molecule has 3 heterocycles. The monoisotopic (exact) mass is 1020 g/mol. The fourth-order valence-electron chi connectivity index (χ4n) is 11.2. The van der Waals surface area contributed by atoms with Gasteiger partial charge in [0, 0.05) is 45.9 Å². The van der Waals surface area contributed by atoms with Crippen LogP contribution in [0.5, 0.6) is 11.5 Å². The number of fused-ring (bicyclic) bond motifs is 5. The Balaban J connectivity index is 1.05. The van der Waals surface area contributed by atoms with Crippen LogP contribution in [-0.2, 0) is 21.7 Å². The van der Waals surface area contributed by atoms with Gasteiger partial charge in [0.15, 0.2) is 0 Å². The summed E-state index contributed by atoms with van der Waals surface area (Å²) in [6.07, 6.45) is 3.41. The largest absolute Gasteiger partial charge is 0.457 e. The lowest BCUT2D eigenvalue weighted by Crippen LogP contribution is -2.33. The zero-order valence-corrected chi connectivity index (χ0v) is 46.0. The molecule has 0 atom stereocenters. The van der Waals surface area contributed by atoms with Gasteiger partial charge in [-0.25, -0.2) is 4.98 Å². The molecule has 12 rings (SSSR count). The van der Waals surface area contributed by atoms with Crippen LogP contribution in [0.3, 0.4) is 0 Å². The van der Waals surface area contributed by atoms with Gasteiger partial charge in [0.25, 0.3) is 0 Å². The molecule has 0 spiro atoms. The van der Waals surface area contributed by atoms with E-state index in [2.05, 4.69) is 112 Å². The van der Waals surface area contributed by atoms with E-state index in [-0.39, 0.29) is 76.2 Å². The second kappa shape index (κ2) is 18.7. The number of rotatable bonds is 10. The summed E-state index contributed by atoms with van der Waals surface area (Å²) < 4.78 is 114. The van der Waals surface area contributed by atoms with Crippen LogP contribution in [-0.4, -0.2) is 16.2 Å². The zero-order valence-electron chi connectivity index (χ0n) is 57.0. The summed E-state index contributed by atoms with van der Waals surface area (Å²) in [5, 5.41) is 2.15. The minimum Gasteiger partial charge on any atom is -0.457 e. The Hall–Kier alpha value is -7.89. The second-order valence-corrected chi connectivity index (χ2v) is 24.1. The quantitative estimate of drug-likeness (QED) is 0.137. The predicted molar refractivity (Wildman–Crippen MR) is 325 cm³/mol. The first-order valence-corrected chi connectivity index (χ1v) is 26.9. The molecule has 0 amide bonds. The van der Waals surface area contributed by atoms with Crippen molar-refractivity contribution < 1.29 is 19.8 Å². The van der Waals surface area contributed by atoms with Crippen LogP contribution in [0.25, 0.3) is 61.0 Å². The highest BCUT2D eigenvalue weighted by atomic mass is 16.5. The number of anilines is 4. The van der Waals surface area contributed by atoms with Gasteiger partial charge < -0.3 is 14.5 Å². The number of para-hydroxylation sites is 4. The van der Waals surface area contributed by atoms with Crippen LogP contribution < -0.4 is 14.5 Å². The maximum Gasteiger partial charge on any atom is 0.137 e. The van der Waals surface area contributed by atoms with Gasteiger partial charge in [0.1, 0.15) is 24.0 Å². The summed E-state index contributed by atoms with van der Waals surface area (Å²) in [6, 6.07) is 36.0. The van der Waals surface area contributed by atoms with Gasteiger partial charge in [-0.15, -0.1) is 0 Å². The smallest absolute Gasteiger partial charge is 0.137 e. The van der Waals surface area contributed by atoms with E-state index < -0.39 is 46.5 Å². The molecule has 8 aromatic carbocycles. The molecule has 0 N–H and O–H groups in total. The van der Waals surface area contributed by atoms with E-state index in [0.29, 0.717) is 45.4 Å². The normalized spacial score (nSPS) is 17.1. The van der Waals surface area contributed by atoms with Crippen molar-refractivity contribution in [2.75, 3.05) is 16.5 Å². The topological polar surface area (TPSA) is 33.5 Å². The lowest BCUT2D eigenvalue weighted by atomic mass is 9.63. The molecule has 386 valence electrons. The van der Waals surface area contributed by atoms with E-state index in [9.17, 15) is 8.22 Å². The van der Waals surface area contributed by atoms with Gasteiger partial charge in [-0.1, -0.05) is 191 Å². The van der Waals surface area contributed by atoms with Crippen LogP contribution in [0.15, 0.2) is 194 Å². The Morgan fingerprint density at radius 1 is 0.558 bits per heavy atom. The van der Waals surface area contributed by atoms with Gasteiger partial charge in [-0.05, 0) is 146 Å². The average Bonchev–Trinajstić information content (AvgIpc) is 0.877. The molecule has 10 aromatic rings. The molecule has 0 fully saturated rings. The third kappa shape index (κ3) is 8.88. The molecule has 77 heavy (non-hydrogen) atoms. The summed E-state index contributed by atoms with van der Waals surface area (Å²) in [6.45, 7) is 23.0.